The van der Waals surface area contributed by atoms with Crippen LogP contribution in [0.3, 0.4) is 0 Å². The summed E-state index contributed by atoms with van der Waals surface area (Å²) < 4.78 is 27.7. The lowest BCUT2D eigenvalue weighted by Gasteiger charge is -2.19. The molecule has 0 bridgehead atoms. The number of hydrogen-bond acceptors (Lipinski definition) is 3. The van der Waals surface area contributed by atoms with Gasteiger partial charge in [0.25, 0.3) is 10.0 Å². The van der Waals surface area contributed by atoms with Crippen molar-refractivity contribution in [3.05, 3.63) is 58.1 Å². The minimum atomic E-state index is -3.61. The molecule has 0 unspecified atom stereocenters. The maximum atomic E-state index is 12.7. The molecule has 7 heteroatoms. The van der Waals surface area contributed by atoms with Gasteiger partial charge in [-0.05, 0) is 54.4 Å². The number of amides is 1. The smallest absolute Gasteiger partial charge is 0.264 e. The molecule has 0 aromatic heterocycles. The second-order valence-corrected chi connectivity index (χ2v) is 7.77. The van der Waals surface area contributed by atoms with Crippen LogP contribution in [0.25, 0.3) is 0 Å². The summed E-state index contributed by atoms with van der Waals surface area (Å²) in [4.78, 5) is 11.5. The van der Waals surface area contributed by atoms with Gasteiger partial charge in [-0.3, -0.25) is 9.10 Å². The third-order valence-corrected chi connectivity index (χ3v) is 5.97. The number of anilines is 1. The topological polar surface area (TPSA) is 80.5 Å². The van der Waals surface area contributed by atoms with Gasteiger partial charge in [-0.1, -0.05) is 15.9 Å². The zero-order valence-electron chi connectivity index (χ0n) is 11.5. The minimum Gasteiger partial charge on any atom is -0.366 e. The summed E-state index contributed by atoms with van der Waals surface area (Å²) in [6, 6.07) is 11.4. The number of hydrogen-bond donors (Lipinski definition) is 1. The van der Waals surface area contributed by atoms with Crippen molar-refractivity contribution in [3.63, 3.8) is 0 Å². The first-order chi connectivity index (χ1) is 10.4. The Hall–Kier alpha value is -1.86. The van der Waals surface area contributed by atoms with Crippen LogP contribution in [0.15, 0.2) is 51.8 Å². The summed E-state index contributed by atoms with van der Waals surface area (Å²) in [5.41, 5.74) is 7.07. The third kappa shape index (κ3) is 2.50. The molecule has 0 radical (unpaired) electrons. The monoisotopic (exact) mass is 380 g/mol. The highest BCUT2D eigenvalue weighted by atomic mass is 79.9. The number of benzene rings is 2. The molecule has 114 valence electrons. The van der Waals surface area contributed by atoms with Crippen LogP contribution < -0.4 is 10.0 Å². The van der Waals surface area contributed by atoms with Gasteiger partial charge in [0.2, 0.25) is 5.91 Å². The molecule has 1 aliphatic heterocycles. The predicted octanol–water partition coefficient (Wildman–Crippen LogP) is 2.30. The molecule has 1 amide bonds. The van der Waals surface area contributed by atoms with Crippen LogP contribution in [0.5, 0.6) is 0 Å². The van der Waals surface area contributed by atoms with Crippen molar-refractivity contribution in [1.29, 1.82) is 0 Å². The first kappa shape index (κ1) is 15.1. The average Bonchev–Trinajstić information content (AvgIpc) is 2.91. The van der Waals surface area contributed by atoms with E-state index < -0.39 is 15.9 Å². The Morgan fingerprint density at radius 1 is 1.14 bits per heavy atom. The molecule has 2 aromatic rings. The van der Waals surface area contributed by atoms with Crippen LogP contribution in [0.4, 0.5) is 5.69 Å². The maximum Gasteiger partial charge on any atom is 0.264 e. The summed E-state index contributed by atoms with van der Waals surface area (Å²) in [5.74, 6) is -0.517. The van der Waals surface area contributed by atoms with Gasteiger partial charge in [-0.2, -0.15) is 0 Å². The first-order valence-electron chi connectivity index (χ1n) is 6.60. The highest BCUT2D eigenvalue weighted by Crippen LogP contribution is 2.33. The Bertz CT molecular complexity index is 848. The van der Waals surface area contributed by atoms with Gasteiger partial charge < -0.3 is 5.73 Å². The van der Waals surface area contributed by atoms with E-state index in [9.17, 15) is 13.2 Å². The maximum absolute atomic E-state index is 12.7. The van der Waals surface area contributed by atoms with Gasteiger partial charge in [-0.25, -0.2) is 8.42 Å². The van der Waals surface area contributed by atoms with Crippen molar-refractivity contribution in [2.75, 3.05) is 10.8 Å². The number of nitrogens with zero attached hydrogens (tertiary/aromatic N) is 1. The zero-order valence-corrected chi connectivity index (χ0v) is 13.9. The van der Waals surface area contributed by atoms with Gasteiger partial charge >= 0.3 is 0 Å². The van der Waals surface area contributed by atoms with Crippen LogP contribution in [-0.4, -0.2) is 20.9 Å². The SMILES string of the molecule is NC(=O)c1ccc2c(c1)CCN2S(=O)(=O)c1ccc(Br)cc1. The molecule has 2 aromatic carbocycles. The lowest BCUT2D eigenvalue weighted by Crippen LogP contribution is -2.29. The van der Waals surface area contributed by atoms with Gasteiger partial charge in [0, 0.05) is 16.6 Å². The molecule has 0 atom stereocenters. The van der Waals surface area contributed by atoms with Crippen molar-refractivity contribution < 1.29 is 13.2 Å². The van der Waals surface area contributed by atoms with E-state index in [1.54, 1.807) is 42.5 Å². The average molecular weight is 381 g/mol. The normalized spacial score (nSPS) is 14.0. The number of sulfonamides is 1. The molecule has 0 spiro atoms. The van der Waals surface area contributed by atoms with Crippen LogP contribution in [0.1, 0.15) is 15.9 Å². The lowest BCUT2D eigenvalue weighted by molar-refractivity contribution is 0.1000. The van der Waals surface area contributed by atoms with E-state index in [1.165, 1.54) is 4.31 Å². The zero-order chi connectivity index (χ0) is 15.9. The summed E-state index contributed by atoms with van der Waals surface area (Å²) in [5, 5.41) is 0. The van der Waals surface area contributed by atoms with Crippen LogP contribution >= 0.6 is 15.9 Å². The Balaban J connectivity index is 2.02. The lowest BCUT2D eigenvalue weighted by atomic mass is 10.1. The fraction of sp³-hybridized carbons (Fsp3) is 0.133. The molecular formula is C15H13BrN2O3S. The van der Waals surface area contributed by atoms with Crippen LogP contribution in [0, 0.1) is 0 Å². The second-order valence-electron chi connectivity index (χ2n) is 4.99. The van der Waals surface area contributed by atoms with E-state index in [2.05, 4.69) is 15.9 Å². The third-order valence-electron chi connectivity index (χ3n) is 3.62. The number of halogens is 1. The first-order valence-corrected chi connectivity index (χ1v) is 8.84. The van der Waals surface area contributed by atoms with E-state index in [-0.39, 0.29) is 4.90 Å². The van der Waals surface area contributed by atoms with Gasteiger partial charge in [0.1, 0.15) is 0 Å². The van der Waals surface area contributed by atoms with Gasteiger partial charge in [0.05, 0.1) is 10.6 Å². The van der Waals surface area contributed by atoms with E-state index in [4.69, 9.17) is 5.73 Å². The van der Waals surface area contributed by atoms with Crippen molar-refractivity contribution >= 4 is 37.5 Å². The Labute approximate surface area is 136 Å². The molecule has 1 heterocycles. The van der Waals surface area contributed by atoms with Crippen molar-refractivity contribution in [3.8, 4) is 0 Å². The molecule has 2 N–H and O–H groups in total. The summed E-state index contributed by atoms with van der Waals surface area (Å²) in [6.07, 6.45) is 0.562. The Kier molecular flexibility index (Phi) is 3.70. The predicted molar refractivity (Wildman–Crippen MR) is 87.3 cm³/mol. The quantitative estimate of drug-likeness (QED) is 0.886. The number of fused-ring (bicyclic) bond motifs is 1. The minimum absolute atomic E-state index is 0.238. The fourth-order valence-electron chi connectivity index (χ4n) is 2.51. The Morgan fingerprint density at radius 2 is 1.82 bits per heavy atom. The molecule has 0 aliphatic carbocycles. The number of primary amides is 1. The number of nitrogens with two attached hydrogens (primary N) is 1. The van der Waals surface area contributed by atoms with Crippen LogP contribution in [-0.2, 0) is 16.4 Å². The fourth-order valence-corrected chi connectivity index (χ4v) is 4.28. The molecule has 0 saturated heterocycles. The Morgan fingerprint density at radius 3 is 2.45 bits per heavy atom. The summed E-state index contributed by atoms with van der Waals surface area (Å²) >= 11 is 3.29. The molecule has 5 nitrogen and oxygen atoms in total. The molecule has 0 saturated carbocycles. The van der Waals surface area contributed by atoms with Gasteiger partial charge in [0.15, 0.2) is 0 Å². The van der Waals surface area contributed by atoms with E-state index in [0.717, 1.165) is 10.0 Å². The molecule has 1 aliphatic rings. The number of rotatable bonds is 3. The summed E-state index contributed by atoms with van der Waals surface area (Å²) in [7, 11) is -3.61. The highest BCUT2D eigenvalue weighted by molar-refractivity contribution is 9.10. The van der Waals surface area contributed by atoms with E-state index in [0.29, 0.717) is 24.2 Å². The van der Waals surface area contributed by atoms with Crippen molar-refractivity contribution in [1.82, 2.24) is 0 Å². The van der Waals surface area contributed by atoms with Crippen molar-refractivity contribution in [2.24, 2.45) is 5.73 Å². The molecule has 3 rings (SSSR count). The molecule has 22 heavy (non-hydrogen) atoms. The second kappa shape index (κ2) is 5.40. The highest BCUT2D eigenvalue weighted by Gasteiger charge is 2.31. The van der Waals surface area contributed by atoms with Crippen LogP contribution in [0.2, 0.25) is 0 Å². The largest absolute Gasteiger partial charge is 0.366 e. The number of carbonyl (C=O) groups excluding carboxylic acids is 1. The van der Waals surface area contributed by atoms with Crippen molar-refractivity contribution in [2.45, 2.75) is 11.3 Å². The molecular weight excluding hydrogens is 368 g/mol. The summed E-state index contributed by atoms with van der Waals surface area (Å²) in [6.45, 7) is 0.357. The van der Waals surface area contributed by atoms with Gasteiger partial charge in [-0.15, -0.1) is 0 Å². The number of carbonyl (C=O) groups is 1. The molecule has 0 fully saturated rings. The standard InChI is InChI=1S/C15H13BrN2O3S/c16-12-2-4-13(5-3-12)22(20,21)18-8-7-10-9-11(15(17)19)1-6-14(10)18/h1-6,9H,7-8H2,(H2,17,19). The van der Waals surface area contributed by atoms with E-state index in [1.807, 2.05) is 0 Å². The van der Waals surface area contributed by atoms with E-state index >= 15 is 0 Å².